The predicted molar refractivity (Wildman–Crippen MR) is 159 cm³/mol. The molecule has 1 unspecified atom stereocenters. The topological polar surface area (TPSA) is 38.7 Å². The minimum atomic E-state index is -1.89. The molecule has 0 spiro atoms. The van der Waals surface area contributed by atoms with Crippen molar-refractivity contribution in [1.29, 1.82) is 0 Å². The van der Waals surface area contributed by atoms with Gasteiger partial charge in [-0.2, -0.15) is 0 Å². The van der Waals surface area contributed by atoms with Crippen molar-refractivity contribution in [1.82, 2.24) is 0 Å². The van der Waals surface area contributed by atoms with E-state index in [-0.39, 0.29) is 0 Å². The summed E-state index contributed by atoms with van der Waals surface area (Å²) in [5.41, 5.74) is 0. The summed E-state index contributed by atoms with van der Waals surface area (Å²) in [4.78, 5) is 10.9. The summed E-state index contributed by atoms with van der Waals surface area (Å²) >= 11 is 0. The molecule has 1 rings (SSSR count). The van der Waals surface area contributed by atoms with Crippen molar-refractivity contribution in [3.63, 3.8) is 0 Å². The number of benzene rings is 1. The predicted octanol–water partition coefficient (Wildman–Crippen LogP) is 11.3. The maximum Gasteiger partial charge on any atom is 0.431 e. The second kappa shape index (κ2) is 23.0. The normalized spacial score (nSPS) is 12.7. The van der Waals surface area contributed by atoms with E-state index in [1.165, 1.54) is 116 Å². The Hall–Kier alpha value is -0.200. The second-order valence-corrected chi connectivity index (χ2v) is 15.0. The van der Waals surface area contributed by atoms with Gasteiger partial charge < -0.3 is 9.42 Å². The lowest BCUT2D eigenvalue weighted by atomic mass is 10.1. The number of unbranched alkanes of at least 4 members (excludes halogenated alkanes) is 15. The van der Waals surface area contributed by atoms with Crippen LogP contribution in [0.5, 0.6) is 5.75 Å². The molecule has 0 aliphatic heterocycles. The molecule has 0 saturated heterocycles. The average Bonchev–Trinajstić information content (AvgIpc) is 2.86. The van der Waals surface area contributed by atoms with Crippen molar-refractivity contribution in [3.8, 4) is 5.75 Å². The van der Waals surface area contributed by atoms with Crippen molar-refractivity contribution >= 4 is 16.1 Å². The van der Waals surface area contributed by atoms with Gasteiger partial charge in [-0.15, -0.1) is 4.31 Å². The molecule has 1 aromatic rings. The van der Waals surface area contributed by atoms with Crippen LogP contribution in [0.1, 0.15) is 136 Å². The van der Waals surface area contributed by atoms with E-state index in [0.29, 0.717) is 5.75 Å². The van der Waals surface area contributed by atoms with E-state index in [2.05, 4.69) is 20.8 Å². The largest absolute Gasteiger partial charge is 0.431 e. The summed E-state index contributed by atoms with van der Waals surface area (Å²) < 4.78 is 12.5. The zero-order chi connectivity index (χ0) is 25.5. The highest BCUT2D eigenvalue weighted by atomic mass is 31.3. The van der Waals surface area contributed by atoms with E-state index in [9.17, 15) is 4.89 Å². The van der Waals surface area contributed by atoms with Gasteiger partial charge in [-0.3, -0.25) is 0 Å². The third kappa shape index (κ3) is 17.8. The maximum absolute atomic E-state index is 10.9. The molecule has 0 heterocycles. The van der Waals surface area contributed by atoms with Crippen LogP contribution in [-0.2, 0) is 4.31 Å². The number of rotatable bonds is 25. The van der Waals surface area contributed by atoms with Crippen LogP contribution in [0.15, 0.2) is 30.3 Å². The Morgan fingerprint density at radius 1 is 0.571 bits per heavy atom. The van der Waals surface area contributed by atoms with Crippen LogP contribution in [0.3, 0.4) is 0 Å². The summed E-state index contributed by atoms with van der Waals surface area (Å²) in [6, 6.07) is 9.68. The smallest absolute Gasteiger partial charge is 0.425 e. The fraction of sp³-hybridized carbons (Fsp3) is 0.800. The summed E-state index contributed by atoms with van der Waals surface area (Å²) in [6.07, 6.45) is 27.0. The minimum absolute atomic E-state index is 0.706. The van der Waals surface area contributed by atoms with Gasteiger partial charge in [0, 0.05) is 0 Å². The van der Waals surface area contributed by atoms with Crippen LogP contribution in [0.25, 0.3) is 0 Å². The molecule has 1 atom stereocenters. The maximum atomic E-state index is 10.9. The van der Waals surface area contributed by atoms with Crippen molar-refractivity contribution in [2.24, 2.45) is 0 Å². The Kier molecular flexibility index (Phi) is 21.5. The molecule has 0 fully saturated rings. The van der Waals surface area contributed by atoms with Gasteiger partial charge in [-0.1, -0.05) is 116 Å². The highest BCUT2D eigenvalue weighted by Gasteiger charge is 2.42. The molecule has 204 valence electrons. The molecule has 0 radical (unpaired) electrons. The number of hydrogen-bond acceptors (Lipinski definition) is 3. The van der Waals surface area contributed by atoms with Gasteiger partial charge in [0.15, 0.2) is 7.49 Å². The molecule has 3 nitrogen and oxygen atoms in total. The Morgan fingerprint density at radius 3 is 1.34 bits per heavy atom. The molecule has 5 heteroatoms. The Morgan fingerprint density at radius 2 is 0.943 bits per heavy atom. The molecule has 0 aliphatic carbocycles. The SMILES string of the molecule is CCCCCCCC[P+](CCCCCCCC)(CCCCCCCC)OP(O)Oc1ccccc1. The minimum Gasteiger partial charge on any atom is -0.425 e. The first-order chi connectivity index (χ1) is 17.2. The Bertz CT molecular complexity index is 529. The average molecular weight is 528 g/mol. The third-order valence-corrected chi connectivity index (χ3v) is 12.6. The molecule has 1 aromatic carbocycles. The van der Waals surface area contributed by atoms with E-state index < -0.39 is 16.1 Å². The van der Waals surface area contributed by atoms with Gasteiger partial charge >= 0.3 is 8.60 Å². The fourth-order valence-corrected chi connectivity index (χ4v) is 10.4. The molecule has 0 saturated carbocycles. The monoisotopic (exact) mass is 527 g/mol. The van der Waals surface area contributed by atoms with Crippen molar-refractivity contribution in [2.75, 3.05) is 18.5 Å². The molecule has 0 amide bonds. The summed E-state index contributed by atoms with van der Waals surface area (Å²) in [7, 11) is -3.59. The van der Waals surface area contributed by atoms with Gasteiger partial charge in [-0.25, -0.2) is 0 Å². The van der Waals surface area contributed by atoms with E-state index >= 15 is 0 Å². The highest BCUT2D eigenvalue weighted by Crippen LogP contribution is 2.68. The molecule has 35 heavy (non-hydrogen) atoms. The molecule has 1 N–H and O–H groups in total. The summed E-state index contributed by atoms with van der Waals surface area (Å²) in [5.74, 6) is 0.706. The summed E-state index contributed by atoms with van der Waals surface area (Å²) in [6.45, 7) is 6.84. The quantitative estimate of drug-likeness (QED) is 0.101. The molecule has 0 bridgehead atoms. The highest BCUT2D eigenvalue weighted by molar-refractivity contribution is 7.76. The molecule has 0 aliphatic rings. The van der Waals surface area contributed by atoms with Gasteiger partial charge in [0.05, 0.1) is 18.5 Å². The van der Waals surface area contributed by atoms with Crippen LogP contribution in [0.2, 0.25) is 0 Å². The Labute approximate surface area is 220 Å². The van der Waals surface area contributed by atoms with E-state index in [0.717, 1.165) is 18.5 Å². The lowest BCUT2D eigenvalue weighted by Crippen LogP contribution is -2.12. The van der Waals surface area contributed by atoms with E-state index in [4.69, 9.17) is 8.83 Å². The lowest BCUT2D eigenvalue weighted by molar-refractivity contribution is 0.389. The lowest BCUT2D eigenvalue weighted by Gasteiger charge is -2.27. The van der Waals surface area contributed by atoms with E-state index in [1.54, 1.807) is 0 Å². The summed E-state index contributed by atoms with van der Waals surface area (Å²) in [5, 5.41) is 0. The zero-order valence-corrected chi connectivity index (χ0v) is 25.2. The number of para-hydroxylation sites is 1. The van der Waals surface area contributed by atoms with Gasteiger partial charge in [0.1, 0.15) is 5.75 Å². The first-order valence-electron chi connectivity index (χ1n) is 14.9. The first kappa shape index (κ1) is 32.8. The standard InChI is InChI=1S/C30H57O3P2/c1-4-7-10-13-16-22-27-35(28-23-17-14-11-8-5-2,29-24-18-15-12-9-6-3)33-34(31)32-30-25-20-19-21-26-30/h19-21,25-26,31H,4-18,22-24,27-29H2,1-3H3/q+1. The first-order valence-corrected chi connectivity index (χ1v) is 18.3. The second-order valence-electron chi connectivity index (χ2n) is 10.3. The molecule has 0 aromatic heterocycles. The van der Waals surface area contributed by atoms with Crippen LogP contribution in [0.4, 0.5) is 0 Å². The number of hydrogen-bond donors (Lipinski definition) is 1. The van der Waals surface area contributed by atoms with Gasteiger partial charge in [0.25, 0.3) is 0 Å². The van der Waals surface area contributed by atoms with Gasteiger partial charge in [0.2, 0.25) is 0 Å². The van der Waals surface area contributed by atoms with Crippen LogP contribution in [0, 0.1) is 0 Å². The van der Waals surface area contributed by atoms with Crippen molar-refractivity contribution in [2.45, 2.75) is 136 Å². The van der Waals surface area contributed by atoms with Crippen molar-refractivity contribution in [3.05, 3.63) is 30.3 Å². The zero-order valence-electron chi connectivity index (χ0n) is 23.4. The van der Waals surface area contributed by atoms with E-state index in [1.807, 2.05) is 30.3 Å². The van der Waals surface area contributed by atoms with Crippen LogP contribution < -0.4 is 4.52 Å². The molecular formula is C30H57O3P2+. The molecular weight excluding hydrogens is 470 g/mol. The van der Waals surface area contributed by atoms with Crippen LogP contribution in [-0.4, -0.2) is 23.4 Å². The van der Waals surface area contributed by atoms with Crippen molar-refractivity contribution < 1.29 is 13.7 Å². The Balaban J connectivity index is 2.76. The fourth-order valence-electron chi connectivity index (χ4n) is 4.74. The third-order valence-electron chi connectivity index (χ3n) is 6.93. The van der Waals surface area contributed by atoms with Gasteiger partial charge in [-0.05, 0) is 50.7 Å². The van der Waals surface area contributed by atoms with Crippen LogP contribution >= 0.6 is 16.1 Å².